The van der Waals surface area contributed by atoms with Gasteiger partial charge in [0.1, 0.15) is 6.04 Å². The molecule has 0 spiro atoms. The van der Waals surface area contributed by atoms with E-state index in [9.17, 15) is 9.59 Å². The SMILES string of the molecule is NCCCN[C@@H](CC(=O)O)C(=O)O. The average Bonchev–Trinajstić information content (AvgIpc) is 2.02. The molecular weight excluding hydrogens is 176 g/mol. The van der Waals surface area contributed by atoms with E-state index in [2.05, 4.69) is 5.32 Å². The molecule has 0 unspecified atom stereocenters. The first-order valence-electron chi connectivity index (χ1n) is 3.96. The third-order valence-corrected chi connectivity index (χ3v) is 1.45. The number of hydrogen-bond acceptors (Lipinski definition) is 4. The van der Waals surface area contributed by atoms with E-state index in [1.807, 2.05) is 0 Å². The molecular formula is C7H14N2O4. The second-order valence-electron chi connectivity index (χ2n) is 2.59. The van der Waals surface area contributed by atoms with Crippen LogP contribution >= 0.6 is 0 Å². The smallest absolute Gasteiger partial charge is 0.321 e. The third-order valence-electron chi connectivity index (χ3n) is 1.45. The quantitative estimate of drug-likeness (QED) is 0.377. The minimum absolute atomic E-state index is 0.417. The Morgan fingerprint density at radius 3 is 2.38 bits per heavy atom. The van der Waals surface area contributed by atoms with Gasteiger partial charge in [0.25, 0.3) is 0 Å². The highest BCUT2D eigenvalue weighted by Gasteiger charge is 2.19. The van der Waals surface area contributed by atoms with Gasteiger partial charge in [-0.2, -0.15) is 0 Å². The molecule has 0 aromatic rings. The minimum atomic E-state index is -1.15. The molecule has 0 radical (unpaired) electrons. The molecule has 0 aromatic heterocycles. The van der Waals surface area contributed by atoms with Crippen molar-refractivity contribution in [1.82, 2.24) is 5.32 Å². The van der Waals surface area contributed by atoms with E-state index in [1.54, 1.807) is 0 Å². The molecule has 13 heavy (non-hydrogen) atoms. The summed E-state index contributed by atoms with van der Waals surface area (Å²) >= 11 is 0. The number of aliphatic carboxylic acids is 2. The molecule has 0 saturated heterocycles. The van der Waals surface area contributed by atoms with Gasteiger partial charge in [0.2, 0.25) is 0 Å². The van der Waals surface area contributed by atoms with Gasteiger partial charge in [-0.15, -0.1) is 0 Å². The van der Waals surface area contributed by atoms with Crippen LogP contribution in [-0.2, 0) is 9.59 Å². The highest BCUT2D eigenvalue weighted by atomic mass is 16.4. The lowest BCUT2D eigenvalue weighted by atomic mass is 10.2. The van der Waals surface area contributed by atoms with Gasteiger partial charge in [0.05, 0.1) is 6.42 Å². The van der Waals surface area contributed by atoms with Gasteiger partial charge in [-0.3, -0.25) is 9.59 Å². The van der Waals surface area contributed by atoms with Crippen molar-refractivity contribution in [2.24, 2.45) is 5.73 Å². The number of nitrogens with one attached hydrogen (secondary N) is 1. The molecule has 1 atom stereocenters. The van der Waals surface area contributed by atoms with Crippen molar-refractivity contribution in [3.63, 3.8) is 0 Å². The van der Waals surface area contributed by atoms with Crippen LogP contribution < -0.4 is 11.1 Å². The van der Waals surface area contributed by atoms with Crippen LogP contribution in [0.3, 0.4) is 0 Å². The molecule has 76 valence electrons. The zero-order chi connectivity index (χ0) is 10.3. The van der Waals surface area contributed by atoms with E-state index in [-0.39, 0.29) is 0 Å². The fourth-order valence-electron chi connectivity index (χ4n) is 0.800. The van der Waals surface area contributed by atoms with E-state index in [1.165, 1.54) is 0 Å². The summed E-state index contributed by atoms with van der Waals surface area (Å²) in [6.07, 6.45) is 0.212. The molecule has 5 N–H and O–H groups in total. The zero-order valence-corrected chi connectivity index (χ0v) is 7.19. The van der Waals surface area contributed by atoms with Gasteiger partial charge >= 0.3 is 11.9 Å². The second kappa shape index (κ2) is 6.38. The van der Waals surface area contributed by atoms with Gasteiger partial charge in [0, 0.05) is 0 Å². The lowest BCUT2D eigenvalue weighted by molar-refractivity contribution is -0.145. The number of nitrogens with two attached hydrogens (primary N) is 1. The van der Waals surface area contributed by atoms with Gasteiger partial charge < -0.3 is 21.3 Å². The van der Waals surface area contributed by atoms with Crippen LogP contribution in [-0.4, -0.2) is 41.3 Å². The van der Waals surface area contributed by atoms with Crippen molar-refractivity contribution in [1.29, 1.82) is 0 Å². The Labute approximate surface area is 75.7 Å². The molecule has 0 aliphatic rings. The Kier molecular flexibility index (Phi) is 5.82. The first kappa shape index (κ1) is 11.9. The molecule has 0 fully saturated rings. The number of carboxylic acids is 2. The summed E-state index contributed by atoms with van der Waals surface area (Å²) in [5.74, 6) is -2.29. The Morgan fingerprint density at radius 2 is 2.00 bits per heavy atom. The van der Waals surface area contributed by atoms with E-state index >= 15 is 0 Å². The molecule has 0 aliphatic heterocycles. The van der Waals surface area contributed by atoms with Crippen LogP contribution in [0.5, 0.6) is 0 Å². The fraction of sp³-hybridized carbons (Fsp3) is 0.714. The average molecular weight is 190 g/mol. The maximum atomic E-state index is 10.5. The maximum Gasteiger partial charge on any atom is 0.321 e. The van der Waals surface area contributed by atoms with Crippen LogP contribution in [0.2, 0.25) is 0 Å². The molecule has 0 aromatic carbocycles. The van der Waals surface area contributed by atoms with Crippen LogP contribution in [0.4, 0.5) is 0 Å². The van der Waals surface area contributed by atoms with Crippen molar-refractivity contribution in [2.45, 2.75) is 18.9 Å². The Balaban J connectivity index is 3.81. The number of carboxylic acid groups (broad SMARTS) is 2. The number of carbonyl (C=O) groups is 2. The van der Waals surface area contributed by atoms with Gasteiger partial charge in [-0.25, -0.2) is 0 Å². The van der Waals surface area contributed by atoms with Crippen molar-refractivity contribution in [3.05, 3.63) is 0 Å². The number of rotatable bonds is 7. The predicted octanol–water partition coefficient (Wildman–Crippen LogP) is -1.15. The first-order chi connectivity index (χ1) is 6.07. The topological polar surface area (TPSA) is 113 Å². The summed E-state index contributed by atoms with van der Waals surface area (Å²) in [5, 5.41) is 19.5. The summed E-state index contributed by atoms with van der Waals surface area (Å²) in [6, 6.07) is -1.02. The molecule has 0 rings (SSSR count). The molecule has 0 heterocycles. The second-order valence-corrected chi connectivity index (χ2v) is 2.59. The predicted molar refractivity (Wildman–Crippen MR) is 45.4 cm³/mol. The summed E-state index contributed by atoms with van der Waals surface area (Å²) < 4.78 is 0. The third kappa shape index (κ3) is 6.06. The highest BCUT2D eigenvalue weighted by Crippen LogP contribution is 1.92. The van der Waals surface area contributed by atoms with Gasteiger partial charge in [-0.05, 0) is 19.5 Å². The molecule has 0 aliphatic carbocycles. The van der Waals surface area contributed by atoms with Crippen LogP contribution in [0.15, 0.2) is 0 Å². The van der Waals surface area contributed by atoms with Crippen LogP contribution in [0.1, 0.15) is 12.8 Å². The maximum absolute atomic E-state index is 10.5. The van der Waals surface area contributed by atoms with Crippen LogP contribution in [0.25, 0.3) is 0 Å². The Morgan fingerprint density at radius 1 is 1.38 bits per heavy atom. The lowest BCUT2D eigenvalue weighted by Crippen LogP contribution is -2.39. The standard InChI is InChI=1S/C7H14N2O4/c8-2-1-3-9-5(7(12)13)4-6(10)11/h5,9H,1-4,8H2,(H,10,11)(H,12,13)/t5-/m0/s1. The largest absolute Gasteiger partial charge is 0.481 e. The van der Waals surface area contributed by atoms with Crippen molar-refractivity contribution < 1.29 is 19.8 Å². The first-order valence-corrected chi connectivity index (χ1v) is 3.96. The van der Waals surface area contributed by atoms with Crippen LogP contribution in [0, 0.1) is 0 Å². The fourth-order valence-corrected chi connectivity index (χ4v) is 0.800. The lowest BCUT2D eigenvalue weighted by Gasteiger charge is -2.11. The van der Waals surface area contributed by atoms with Crippen molar-refractivity contribution >= 4 is 11.9 Å². The molecule has 0 saturated carbocycles. The minimum Gasteiger partial charge on any atom is -0.481 e. The molecule has 6 nitrogen and oxygen atoms in total. The highest BCUT2D eigenvalue weighted by molar-refractivity contribution is 5.80. The molecule has 6 heteroatoms. The van der Waals surface area contributed by atoms with E-state index in [4.69, 9.17) is 15.9 Å². The zero-order valence-electron chi connectivity index (χ0n) is 7.19. The van der Waals surface area contributed by atoms with E-state index in [0.717, 1.165) is 0 Å². The Bertz CT molecular complexity index is 183. The summed E-state index contributed by atoms with van der Waals surface area (Å²) in [5.41, 5.74) is 5.19. The van der Waals surface area contributed by atoms with Gasteiger partial charge in [-0.1, -0.05) is 0 Å². The molecule has 0 bridgehead atoms. The Hall–Kier alpha value is -1.14. The van der Waals surface area contributed by atoms with E-state index < -0.39 is 24.4 Å². The summed E-state index contributed by atoms with van der Waals surface area (Å²) in [6.45, 7) is 0.868. The van der Waals surface area contributed by atoms with Gasteiger partial charge in [0.15, 0.2) is 0 Å². The van der Waals surface area contributed by atoms with E-state index in [0.29, 0.717) is 19.5 Å². The van der Waals surface area contributed by atoms with Crippen molar-refractivity contribution in [3.8, 4) is 0 Å². The summed E-state index contributed by atoms with van der Waals surface area (Å²) in [7, 11) is 0. The summed E-state index contributed by atoms with van der Waals surface area (Å²) in [4.78, 5) is 20.7. The normalized spacial score (nSPS) is 12.4. The van der Waals surface area contributed by atoms with Crippen molar-refractivity contribution in [2.75, 3.05) is 13.1 Å². The monoisotopic (exact) mass is 190 g/mol. The molecule has 0 amide bonds. The number of hydrogen-bond donors (Lipinski definition) is 4.